The number of carboxylic acid groups (broad SMARTS) is 1. The van der Waals surface area contributed by atoms with Gasteiger partial charge in [0.2, 0.25) is 0 Å². The summed E-state index contributed by atoms with van der Waals surface area (Å²) in [7, 11) is 2.25. The van der Waals surface area contributed by atoms with Crippen LogP contribution in [0.5, 0.6) is 0 Å². The minimum atomic E-state index is -5.08. The predicted molar refractivity (Wildman–Crippen MR) is 119 cm³/mol. The Morgan fingerprint density at radius 3 is 2.39 bits per heavy atom. The zero-order valence-corrected chi connectivity index (χ0v) is 19.2. The first-order valence-corrected chi connectivity index (χ1v) is 11.3. The number of halogens is 4. The lowest BCUT2D eigenvalue weighted by Gasteiger charge is -2.30. The number of aromatic nitrogens is 2. The number of hydrogen-bond acceptors (Lipinski definition) is 3. The van der Waals surface area contributed by atoms with Crippen LogP contribution in [-0.2, 0) is 11.2 Å². The molecule has 1 atom stereocenters. The Morgan fingerprint density at radius 1 is 1.21 bits per heavy atom. The second-order valence-electron chi connectivity index (χ2n) is 8.83. The number of alkyl halides is 3. The Hall–Kier alpha value is -2.42. The number of carboxylic acids is 1. The van der Waals surface area contributed by atoms with Crippen molar-refractivity contribution in [3.8, 4) is 11.3 Å². The molecule has 1 fully saturated rings. The zero-order valence-electron chi connectivity index (χ0n) is 19.2. The summed E-state index contributed by atoms with van der Waals surface area (Å²) in [5, 5.41) is 14.6. The summed E-state index contributed by atoms with van der Waals surface area (Å²) in [6.45, 7) is 4.74. The van der Waals surface area contributed by atoms with Gasteiger partial charge in [-0.2, -0.15) is 18.3 Å². The molecule has 1 saturated carbocycles. The van der Waals surface area contributed by atoms with E-state index in [-0.39, 0.29) is 5.82 Å². The first-order valence-electron chi connectivity index (χ1n) is 11.3. The third-order valence-electron chi connectivity index (χ3n) is 6.05. The molecule has 5 nitrogen and oxygen atoms in total. The molecule has 1 aliphatic carbocycles. The van der Waals surface area contributed by atoms with Crippen molar-refractivity contribution < 1.29 is 27.5 Å². The number of aromatic amines is 1. The second kappa shape index (κ2) is 12.7. The summed E-state index contributed by atoms with van der Waals surface area (Å²) in [6.07, 6.45) is 4.17. The van der Waals surface area contributed by atoms with Crippen molar-refractivity contribution >= 4 is 5.97 Å². The average Bonchev–Trinajstić information content (AvgIpc) is 3.23. The highest BCUT2D eigenvalue weighted by Gasteiger charge is 2.38. The van der Waals surface area contributed by atoms with Crippen LogP contribution in [0.1, 0.15) is 51.1 Å². The summed E-state index contributed by atoms with van der Waals surface area (Å²) >= 11 is 0. The van der Waals surface area contributed by atoms with Gasteiger partial charge < -0.3 is 10.0 Å². The molecule has 0 spiro atoms. The van der Waals surface area contributed by atoms with Crippen LogP contribution in [0.15, 0.2) is 30.3 Å². The fourth-order valence-corrected chi connectivity index (χ4v) is 4.23. The van der Waals surface area contributed by atoms with Gasteiger partial charge >= 0.3 is 12.1 Å². The van der Waals surface area contributed by atoms with Gasteiger partial charge in [-0.15, -0.1) is 0 Å². The number of benzene rings is 1. The standard InChI is InChI=1S/C22H32FN3.C2HF3O2/c1-17(18-7-4-3-5-8-18)16-26(2)14-6-9-21-15-22(25-24-21)19-10-12-20(23)13-11-19;3-2(4,5)1(6)7/h10-13,15,17-18H,3-9,14,16H2,1-2H3,(H,24,25);(H,6,7). The molecule has 2 aromatic rings. The van der Waals surface area contributed by atoms with E-state index in [1.807, 2.05) is 0 Å². The highest BCUT2D eigenvalue weighted by atomic mass is 19.4. The summed E-state index contributed by atoms with van der Waals surface area (Å²) < 4.78 is 44.8. The average molecular weight is 472 g/mol. The molecular weight excluding hydrogens is 438 g/mol. The van der Waals surface area contributed by atoms with Crippen LogP contribution in [0, 0.1) is 17.7 Å². The maximum absolute atomic E-state index is 13.0. The first kappa shape index (κ1) is 26.8. The Balaban J connectivity index is 0.000000479. The van der Waals surface area contributed by atoms with E-state index in [0.29, 0.717) is 0 Å². The van der Waals surface area contributed by atoms with Crippen LogP contribution in [0.3, 0.4) is 0 Å². The Labute approximate surface area is 192 Å². The topological polar surface area (TPSA) is 69.2 Å². The molecule has 0 aliphatic heterocycles. The maximum Gasteiger partial charge on any atom is 0.490 e. The van der Waals surface area contributed by atoms with Gasteiger partial charge in [-0.05, 0) is 68.6 Å². The van der Waals surface area contributed by atoms with Crippen molar-refractivity contribution in [2.24, 2.45) is 11.8 Å². The number of nitrogens with one attached hydrogen (secondary N) is 1. The first-order chi connectivity index (χ1) is 15.6. The molecular formula is C24H33F4N3O2. The molecule has 1 heterocycles. The minimum Gasteiger partial charge on any atom is -0.475 e. The quantitative estimate of drug-likeness (QED) is 0.468. The Morgan fingerprint density at radius 2 is 1.82 bits per heavy atom. The molecule has 0 amide bonds. The van der Waals surface area contributed by atoms with Crippen LogP contribution >= 0.6 is 0 Å². The summed E-state index contributed by atoms with van der Waals surface area (Å²) in [5.74, 6) is -1.24. The van der Waals surface area contributed by atoms with Crippen LogP contribution < -0.4 is 0 Å². The van der Waals surface area contributed by atoms with Crippen LogP contribution in [0.2, 0.25) is 0 Å². The van der Waals surface area contributed by atoms with Crippen molar-refractivity contribution in [2.75, 3.05) is 20.1 Å². The molecule has 0 bridgehead atoms. The van der Waals surface area contributed by atoms with Gasteiger partial charge in [-0.3, -0.25) is 5.10 Å². The molecule has 1 unspecified atom stereocenters. The van der Waals surface area contributed by atoms with Crippen LogP contribution in [0.4, 0.5) is 17.6 Å². The number of aliphatic carboxylic acids is 1. The highest BCUT2D eigenvalue weighted by Crippen LogP contribution is 2.30. The van der Waals surface area contributed by atoms with Gasteiger partial charge in [0.05, 0.1) is 5.69 Å². The van der Waals surface area contributed by atoms with E-state index in [1.54, 1.807) is 12.1 Å². The van der Waals surface area contributed by atoms with Crippen molar-refractivity contribution in [3.05, 3.63) is 41.8 Å². The third-order valence-corrected chi connectivity index (χ3v) is 6.05. The molecule has 33 heavy (non-hydrogen) atoms. The fourth-order valence-electron chi connectivity index (χ4n) is 4.23. The van der Waals surface area contributed by atoms with E-state index < -0.39 is 12.1 Å². The smallest absolute Gasteiger partial charge is 0.475 e. The lowest BCUT2D eigenvalue weighted by atomic mass is 9.81. The molecule has 0 saturated heterocycles. The fraction of sp³-hybridized carbons (Fsp3) is 0.583. The van der Waals surface area contributed by atoms with Crippen molar-refractivity contribution in [1.29, 1.82) is 0 Å². The molecule has 9 heteroatoms. The van der Waals surface area contributed by atoms with Gasteiger partial charge in [0.15, 0.2) is 0 Å². The largest absolute Gasteiger partial charge is 0.490 e. The van der Waals surface area contributed by atoms with Crippen molar-refractivity contribution in [3.63, 3.8) is 0 Å². The van der Waals surface area contributed by atoms with E-state index in [9.17, 15) is 17.6 Å². The summed E-state index contributed by atoms with van der Waals surface area (Å²) in [4.78, 5) is 11.4. The maximum atomic E-state index is 13.0. The van der Waals surface area contributed by atoms with Gasteiger partial charge in [-0.25, -0.2) is 9.18 Å². The van der Waals surface area contributed by atoms with Gasteiger partial charge in [0, 0.05) is 17.8 Å². The zero-order chi connectivity index (χ0) is 24.4. The number of carbonyl (C=O) groups is 1. The molecule has 1 aromatic carbocycles. The summed E-state index contributed by atoms with van der Waals surface area (Å²) in [5.41, 5.74) is 2.99. The molecule has 1 aromatic heterocycles. The minimum absolute atomic E-state index is 0.213. The van der Waals surface area contributed by atoms with Gasteiger partial charge in [0.1, 0.15) is 5.82 Å². The van der Waals surface area contributed by atoms with Gasteiger partial charge in [-0.1, -0.05) is 39.0 Å². The van der Waals surface area contributed by atoms with E-state index in [0.717, 1.165) is 48.2 Å². The Bertz CT molecular complexity index is 846. The van der Waals surface area contributed by atoms with E-state index >= 15 is 0 Å². The number of H-pyrrole nitrogens is 1. The Kier molecular flexibility index (Phi) is 10.3. The lowest BCUT2D eigenvalue weighted by molar-refractivity contribution is -0.192. The normalized spacial score (nSPS) is 15.7. The number of rotatable bonds is 8. The van der Waals surface area contributed by atoms with E-state index in [4.69, 9.17) is 9.90 Å². The molecule has 0 radical (unpaired) electrons. The van der Waals surface area contributed by atoms with E-state index in [2.05, 4.69) is 35.1 Å². The monoisotopic (exact) mass is 471 g/mol. The van der Waals surface area contributed by atoms with Crippen molar-refractivity contribution in [1.82, 2.24) is 15.1 Å². The third kappa shape index (κ3) is 9.53. The number of nitrogens with zero attached hydrogens (tertiary/aromatic N) is 2. The molecule has 1 aliphatic rings. The molecule has 3 rings (SSSR count). The highest BCUT2D eigenvalue weighted by molar-refractivity contribution is 5.73. The van der Waals surface area contributed by atoms with Crippen LogP contribution in [0.25, 0.3) is 11.3 Å². The number of aryl methyl sites for hydroxylation is 1. The SMILES string of the molecule is CC(CN(C)CCCc1cc(-c2ccc(F)cc2)n[nH]1)C1CCCCC1.O=C(O)C(F)(F)F. The van der Waals surface area contributed by atoms with Gasteiger partial charge in [0.25, 0.3) is 0 Å². The van der Waals surface area contributed by atoms with E-state index in [1.165, 1.54) is 50.8 Å². The molecule has 2 N–H and O–H groups in total. The predicted octanol–water partition coefficient (Wildman–Crippen LogP) is 5.93. The van der Waals surface area contributed by atoms with Crippen LogP contribution in [-0.4, -0.2) is 52.5 Å². The second-order valence-corrected chi connectivity index (χ2v) is 8.83. The summed E-state index contributed by atoms with van der Waals surface area (Å²) in [6, 6.07) is 8.58. The van der Waals surface area contributed by atoms with Crippen molar-refractivity contribution in [2.45, 2.75) is 58.0 Å². The lowest BCUT2D eigenvalue weighted by Crippen LogP contribution is -2.30. The number of hydrogen-bond donors (Lipinski definition) is 2. The molecule has 184 valence electrons.